The van der Waals surface area contributed by atoms with Gasteiger partial charge in [-0.25, -0.2) is 0 Å². The van der Waals surface area contributed by atoms with Gasteiger partial charge in [-0.2, -0.15) is 0 Å². The first-order valence-corrected chi connectivity index (χ1v) is 2.98. The molecule has 1 N–H and O–H groups in total. The second-order valence-electron chi connectivity index (χ2n) is 2.61. The van der Waals surface area contributed by atoms with Crippen LogP contribution >= 0.6 is 0 Å². The maximum Gasteiger partial charge on any atom is 0.0662 e. The minimum absolute atomic E-state index is 0.0807. The summed E-state index contributed by atoms with van der Waals surface area (Å²) >= 11 is 0. The molecule has 0 amide bonds. The second-order valence-corrected chi connectivity index (χ2v) is 2.61. The lowest BCUT2D eigenvalue weighted by Crippen LogP contribution is -2.26. The lowest BCUT2D eigenvalue weighted by molar-refractivity contribution is 0.0561. The maximum atomic E-state index is 8.76. The molecule has 0 aliphatic carbocycles. The van der Waals surface area contributed by atoms with Crippen LogP contribution in [0, 0.1) is 5.41 Å². The topological polar surface area (TPSA) is 29.5 Å². The van der Waals surface area contributed by atoms with Gasteiger partial charge in [-0.3, -0.25) is 0 Å². The van der Waals surface area contributed by atoms with E-state index >= 15 is 0 Å². The minimum atomic E-state index is -0.255. The molecule has 1 atom stereocenters. The largest absolute Gasteiger partial charge is 0.396 e. The van der Waals surface area contributed by atoms with Crippen molar-refractivity contribution in [1.29, 1.82) is 0 Å². The molecule has 9 heavy (non-hydrogen) atoms. The Balaban J connectivity index is 3.62. The van der Waals surface area contributed by atoms with Crippen molar-refractivity contribution in [3.05, 3.63) is 0 Å². The summed E-state index contributed by atoms with van der Waals surface area (Å²) in [4.78, 5) is 0. The number of rotatable bonds is 4. The third-order valence-corrected chi connectivity index (χ3v) is 1.37. The van der Waals surface area contributed by atoms with Crippen molar-refractivity contribution in [2.75, 3.05) is 20.3 Å². The van der Waals surface area contributed by atoms with Gasteiger partial charge >= 0.3 is 0 Å². The number of methoxy groups -OCH3 is 1. The summed E-state index contributed by atoms with van der Waals surface area (Å²) in [6.45, 7) is 2.48. The van der Waals surface area contributed by atoms with Crippen LogP contribution in [0.25, 0.3) is 0 Å². The van der Waals surface area contributed by atoms with E-state index in [9.17, 15) is 0 Å². The third-order valence-electron chi connectivity index (χ3n) is 1.37. The normalized spacial score (nSPS) is 17.2. The highest BCUT2D eigenvalue weighted by atomic mass is 16.5. The number of aliphatic hydroxyl groups excluding tert-OH is 1. The lowest BCUT2D eigenvalue weighted by atomic mass is 9.79. The highest BCUT2D eigenvalue weighted by Crippen LogP contribution is 2.18. The van der Waals surface area contributed by atoms with Crippen LogP contribution in [0.5, 0.6) is 0 Å². The molecule has 0 aromatic carbocycles. The monoisotopic (exact) mass is 128 g/mol. The number of hydrogen-bond acceptors (Lipinski definition) is 2. The molecule has 0 saturated heterocycles. The van der Waals surface area contributed by atoms with E-state index in [2.05, 4.69) is 0 Å². The minimum Gasteiger partial charge on any atom is -0.396 e. The molecule has 0 aliphatic heterocycles. The molecule has 0 unspecified atom stereocenters. The fourth-order valence-corrected chi connectivity index (χ4v) is 0.518. The van der Waals surface area contributed by atoms with E-state index in [1.165, 1.54) is 0 Å². The average Bonchev–Trinajstić information content (AvgIpc) is 1.89. The average molecular weight is 128 g/mol. The SMILES string of the molecule is [B]C[C@@](C)(CO)COC. The van der Waals surface area contributed by atoms with Gasteiger partial charge < -0.3 is 9.84 Å². The Kier molecular flexibility index (Phi) is 3.90. The van der Waals surface area contributed by atoms with Crippen LogP contribution in [0.4, 0.5) is 0 Å². The molecule has 2 nitrogen and oxygen atoms in total. The highest BCUT2D eigenvalue weighted by Gasteiger charge is 2.19. The Hall–Kier alpha value is -0.0151. The van der Waals surface area contributed by atoms with E-state index in [0.717, 1.165) is 0 Å². The molecular formula is C6H13BO2. The molecule has 0 aromatic heterocycles. The van der Waals surface area contributed by atoms with Gasteiger partial charge in [0.15, 0.2) is 0 Å². The summed E-state index contributed by atoms with van der Waals surface area (Å²) in [5.41, 5.74) is -0.255. The number of hydrogen-bond donors (Lipinski definition) is 1. The van der Waals surface area contributed by atoms with Crippen LogP contribution in [0.1, 0.15) is 6.92 Å². The Morgan fingerprint density at radius 1 is 1.67 bits per heavy atom. The zero-order chi connectivity index (χ0) is 7.33. The standard InChI is InChI=1S/C6H13BO2/c1-6(3-7,4-8)5-9-2/h8H,3-5H2,1-2H3/t6-/m0/s1. The predicted molar refractivity (Wildman–Crippen MR) is 37.6 cm³/mol. The number of ether oxygens (including phenoxy) is 1. The fraction of sp³-hybridized carbons (Fsp3) is 1.00. The van der Waals surface area contributed by atoms with E-state index in [0.29, 0.717) is 12.9 Å². The molecule has 3 heteroatoms. The van der Waals surface area contributed by atoms with Gasteiger partial charge in [0.05, 0.1) is 14.5 Å². The first kappa shape index (κ1) is 8.98. The van der Waals surface area contributed by atoms with Crippen LogP contribution in [0.3, 0.4) is 0 Å². The first-order valence-electron chi connectivity index (χ1n) is 2.98. The summed E-state index contributed by atoms with van der Waals surface area (Å²) < 4.78 is 4.85. The quantitative estimate of drug-likeness (QED) is 0.548. The van der Waals surface area contributed by atoms with Crippen LogP contribution < -0.4 is 0 Å². The Bertz CT molecular complexity index is 71.5. The summed E-state index contributed by atoms with van der Waals surface area (Å²) in [7, 11) is 6.96. The van der Waals surface area contributed by atoms with Gasteiger partial charge in [0.25, 0.3) is 0 Å². The van der Waals surface area contributed by atoms with Gasteiger partial charge in [0.1, 0.15) is 0 Å². The highest BCUT2D eigenvalue weighted by molar-refractivity contribution is 6.09. The fourth-order valence-electron chi connectivity index (χ4n) is 0.518. The first-order chi connectivity index (χ1) is 4.18. The third kappa shape index (κ3) is 2.87. The van der Waals surface area contributed by atoms with Crippen molar-refractivity contribution < 1.29 is 9.84 Å². The Morgan fingerprint density at radius 3 is 2.33 bits per heavy atom. The lowest BCUT2D eigenvalue weighted by Gasteiger charge is -2.24. The predicted octanol–water partition coefficient (Wildman–Crippen LogP) is 0.218. The number of aliphatic hydroxyl groups is 1. The molecule has 52 valence electrons. The van der Waals surface area contributed by atoms with Crippen molar-refractivity contribution >= 4 is 7.85 Å². The summed E-state index contributed by atoms with van der Waals surface area (Å²) in [5, 5.41) is 8.76. The van der Waals surface area contributed by atoms with E-state index in [1.54, 1.807) is 7.11 Å². The van der Waals surface area contributed by atoms with E-state index in [-0.39, 0.29) is 12.0 Å². The van der Waals surface area contributed by atoms with Gasteiger partial charge in [-0.05, 0) is 0 Å². The molecule has 0 rings (SSSR count). The molecule has 0 spiro atoms. The van der Waals surface area contributed by atoms with Crippen molar-refractivity contribution in [2.45, 2.75) is 13.2 Å². The Labute approximate surface area is 57.6 Å². The zero-order valence-electron chi connectivity index (χ0n) is 6.05. The van der Waals surface area contributed by atoms with Crippen LogP contribution in [-0.4, -0.2) is 33.3 Å². The molecule has 0 heterocycles. The molecular weight excluding hydrogens is 115 g/mol. The maximum absolute atomic E-state index is 8.76. The van der Waals surface area contributed by atoms with E-state index in [1.807, 2.05) is 6.92 Å². The zero-order valence-corrected chi connectivity index (χ0v) is 6.05. The van der Waals surface area contributed by atoms with Gasteiger partial charge in [0, 0.05) is 19.1 Å². The smallest absolute Gasteiger partial charge is 0.0662 e. The molecule has 0 bridgehead atoms. The van der Waals surface area contributed by atoms with Crippen molar-refractivity contribution in [1.82, 2.24) is 0 Å². The molecule has 0 fully saturated rings. The van der Waals surface area contributed by atoms with Gasteiger partial charge in [0.2, 0.25) is 0 Å². The second kappa shape index (κ2) is 3.91. The van der Waals surface area contributed by atoms with Crippen LogP contribution in [0.2, 0.25) is 6.32 Å². The molecule has 0 aromatic rings. The van der Waals surface area contributed by atoms with Gasteiger partial charge in [-0.1, -0.05) is 13.2 Å². The van der Waals surface area contributed by atoms with Crippen molar-refractivity contribution in [3.63, 3.8) is 0 Å². The van der Waals surface area contributed by atoms with Crippen LogP contribution in [0.15, 0.2) is 0 Å². The Morgan fingerprint density at radius 2 is 2.22 bits per heavy atom. The van der Waals surface area contributed by atoms with E-state index < -0.39 is 0 Å². The van der Waals surface area contributed by atoms with Crippen molar-refractivity contribution in [2.24, 2.45) is 5.41 Å². The summed E-state index contributed by atoms with van der Waals surface area (Å²) in [6.07, 6.45) is 0.456. The molecule has 0 saturated carbocycles. The van der Waals surface area contributed by atoms with Gasteiger partial charge in [-0.15, -0.1) is 0 Å². The molecule has 0 aliphatic rings. The summed E-state index contributed by atoms with van der Waals surface area (Å²) in [5.74, 6) is 0. The van der Waals surface area contributed by atoms with E-state index in [4.69, 9.17) is 17.7 Å². The van der Waals surface area contributed by atoms with Crippen molar-refractivity contribution in [3.8, 4) is 0 Å². The molecule has 2 radical (unpaired) electrons. The van der Waals surface area contributed by atoms with Crippen LogP contribution in [-0.2, 0) is 4.74 Å². The summed E-state index contributed by atoms with van der Waals surface area (Å²) in [6, 6.07) is 0.